The van der Waals surface area contributed by atoms with Crippen molar-refractivity contribution in [1.82, 2.24) is 4.57 Å². The molecule has 22 heavy (non-hydrogen) atoms. The number of hydrogen-bond donors (Lipinski definition) is 1. The van der Waals surface area contributed by atoms with E-state index in [-0.39, 0.29) is 12.5 Å². The summed E-state index contributed by atoms with van der Waals surface area (Å²) < 4.78 is 1.89. The number of anilines is 1. The van der Waals surface area contributed by atoms with Crippen molar-refractivity contribution in [3.8, 4) is 0 Å². The number of hydrogen-bond acceptors (Lipinski definition) is 1. The molecule has 0 fully saturated rings. The minimum Gasteiger partial charge on any atom is -0.338 e. The van der Waals surface area contributed by atoms with Crippen LogP contribution in [0.4, 0.5) is 5.69 Å². The third-order valence-corrected chi connectivity index (χ3v) is 4.14. The Hall–Kier alpha value is -1.97. The van der Waals surface area contributed by atoms with Gasteiger partial charge in [0.1, 0.15) is 6.54 Å². The number of rotatable bonds is 3. The van der Waals surface area contributed by atoms with Crippen molar-refractivity contribution in [2.45, 2.75) is 13.5 Å². The Bertz CT molecular complexity index is 855. The van der Waals surface area contributed by atoms with E-state index < -0.39 is 0 Å². The maximum absolute atomic E-state index is 12.2. The van der Waals surface area contributed by atoms with Gasteiger partial charge in [0.2, 0.25) is 5.91 Å². The number of halogens is 2. The summed E-state index contributed by atoms with van der Waals surface area (Å²) in [4.78, 5) is 12.2. The first-order chi connectivity index (χ1) is 10.5. The molecule has 0 saturated carbocycles. The largest absolute Gasteiger partial charge is 0.338 e. The number of nitrogens with zero attached hydrogens (tertiary/aromatic N) is 1. The Labute approximate surface area is 138 Å². The zero-order valence-electron chi connectivity index (χ0n) is 11.9. The predicted molar refractivity (Wildman–Crippen MR) is 91.8 cm³/mol. The van der Waals surface area contributed by atoms with E-state index in [1.165, 1.54) is 0 Å². The molecule has 0 spiro atoms. The highest BCUT2D eigenvalue weighted by Gasteiger charge is 2.08. The van der Waals surface area contributed by atoms with Crippen LogP contribution in [-0.2, 0) is 11.3 Å². The second kappa shape index (κ2) is 6.03. The lowest BCUT2D eigenvalue weighted by molar-refractivity contribution is -0.116. The summed E-state index contributed by atoms with van der Waals surface area (Å²) in [5.41, 5.74) is 2.65. The molecule has 2 aromatic carbocycles. The molecule has 0 aliphatic carbocycles. The molecule has 3 rings (SSSR count). The lowest BCUT2D eigenvalue weighted by atomic mass is 10.2. The van der Waals surface area contributed by atoms with Gasteiger partial charge in [0, 0.05) is 32.8 Å². The average Bonchev–Trinajstić information content (AvgIpc) is 2.85. The molecule has 0 saturated heterocycles. The number of benzene rings is 2. The van der Waals surface area contributed by atoms with Crippen LogP contribution >= 0.6 is 23.2 Å². The van der Waals surface area contributed by atoms with E-state index in [0.717, 1.165) is 16.5 Å². The first-order valence-electron chi connectivity index (χ1n) is 6.83. The van der Waals surface area contributed by atoms with Crippen LogP contribution in [0.15, 0.2) is 48.7 Å². The van der Waals surface area contributed by atoms with Crippen LogP contribution < -0.4 is 5.32 Å². The van der Waals surface area contributed by atoms with Crippen molar-refractivity contribution < 1.29 is 4.79 Å². The molecule has 0 aliphatic heterocycles. The molecule has 1 heterocycles. The summed E-state index contributed by atoms with van der Waals surface area (Å²) >= 11 is 12.0. The van der Waals surface area contributed by atoms with Gasteiger partial charge < -0.3 is 9.88 Å². The Morgan fingerprint density at radius 1 is 1.14 bits per heavy atom. The topological polar surface area (TPSA) is 34.0 Å². The fourth-order valence-corrected chi connectivity index (χ4v) is 2.70. The van der Waals surface area contributed by atoms with Crippen LogP contribution in [-0.4, -0.2) is 10.5 Å². The minimum atomic E-state index is -0.104. The molecule has 0 aliphatic rings. The highest BCUT2D eigenvalue weighted by Crippen LogP contribution is 2.22. The van der Waals surface area contributed by atoms with E-state index in [4.69, 9.17) is 23.2 Å². The summed E-state index contributed by atoms with van der Waals surface area (Å²) in [6.45, 7) is 2.15. The fourth-order valence-electron chi connectivity index (χ4n) is 2.33. The first-order valence-corrected chi connectivity index (χ1v) is 7.59. The van der Waals surface area contributed by atoms with Crippen molar-refractivity contribution in [2.75, 3.05) is 5.32 Å². The zero-order valence-corrected chi connectivity index (χ0v) is 13.4. The van der Waals surface area contributed by atoms with Gasteiger partial charge in [-0.05, 0) is 48.9 Å². The number of fused-ring (bicyclic) bond motifs is 1. The molecular formula is C17H14Cl2N2O. The number of aromatic nitrogens is 1. The average molecular weight is 333 g/mol. The molecule has 0 unspecified atom stereocenters. The zero-order chi connectivity index (χ0) is 15.7. The molecule has 112 valence electrons. The van der Waals surface area contributed by atoms with Crippen molar-refractivity contribution in [1.29, 1.82) is 0 Å². The van der Waals surface area contributed by atoms with E-state index >= 15 is 0 Å². The minimum absolute atomic E-state index is 0.104. The Balaban J connectivity index is 1.76. The van der Waals surface area contributed by atoms with Gasteiger partial charge in [0.15, 0.2) is 0 Å². The fraction of sp³-hybridized carbons (Fsp3) is 0.118. The lowest BCUT2D eigenvalue weighted by Gasteiger charge is -2.08. The standard InChI is InChI=1S/C17H14Cl2N2O/c1-11-2-4-14(9-15(11)19)20-17(22)10-21-7-6-12-8-13(18)3-5-16(12)21/h2-9H,10H2,1H3,(H,20,22). The van der Waals surface area contributed by atoms with Gasteiger partial charge in [0.05, 0.1) is 0 Å². The van der Waals surface area contributed by atoms with Crippen LogP contribution in [0.1, 0.15) is 5.56 Å². The quantitative estimate of drug-likeness (QED) is 0.727. The van der Waals surface area contributed by atoms with Crippen molar-refractivity contribution in [3.63, 3.8) is 0 Å². The summed E-state index contributed by atoms with van der Waals surface area (Å²) in [6, 6.07) is 13.0. The summed E-state index contributed by atoms with van der Waals surface area (Å²) in [7, 11) is 0. The van der Waals surface area contributed by atoms with E-state index in [9.17, 15) is 4.79 Å². The van der Waals surface area contributed by atoms with Gasteiger partial charge in [-0.25, -0.2) is 0 Å². The predicted octanol–water partition coefficient (Wildman–Crippen LogP) is 4.90. The van der Waals surface area contributed by atoms with Gasteiger partial charge in [-0.15, -0.1) is 0 Å². The Morgan fingerprint density at radius 3 is 2.73 bits per heavy atom. The SMILES string of the molecule is Cc1ccc(NC(=O)Cn2ccc3cc(Cl)ccc32)cc1Cl. The third-order valence-electron chi connectivity index (χ3n) is 3.50. The van der Waals surface area contributed by atoms with Gasteiger partial charge in [-0.1, -0.05) is 29.3 Å². The van der Waals surface area contributed by atoms with Crippen molar-refractivity contribution in [3.05, 3.63) is 64.3 Å². The number of carbonyl (C=O) groups excluding carboxylic acids is 1. The number of carbonyl (C=O) groups is 1. The first kappa shape index (κ1) is 14.9. The molecule has 0 atom stereocenters. The van der Waals surface area contributed by atoms with Crippen LogP contribution in [0.3, 0.4) is 0 Å². The van der Waals surface area contributed by atoms with Crippen molar-refractivity contribution >= 4 is 45.7 Å². The lowest BCUT2D eigenvalue weighted by Crippen LogP contribution is -2.18. The molecule has 1 aromatic heterocycles. The number of nitrogens with one attached hydrogen (secondary N) is 1. The van der Waals surface area contributed by atoms with E-state index in [1.807, 2.05) is 54.1 Å². The van der Waals surface area contributed by atoms with Gasteiger partial charge in [0.25, 0.3) is 0 Å². The van der Waals surface area contributed by atoms with Crippen LogP contribution in [0.25, 0.3) is 10.9 Å². The van der Waals surface area contributed by atoms with E-state index in [1.54, 1.807) is 6.07 Å². The second-order valence-electron chi connectivity index (χ2n) is 5.16. The molecule has 0 radical (unpaired) electrons. The van der Waals surface area contributed by atoms with Gasteiger partial charge in [-0.2, -0.15) is 0 Å². The molecule has 5 heteroatoms. The molecule has 3 aromatic rings. The summed E-state index contributed by atoms with van der Waals surface area (Å²) in [6.07, 6.45) is 1.88. The van der Waals surface area contributed by atoms with Crippen LogP contribution in [0, 0.1) is 6.92 Å². The van der Waals surface area contributed by atoms with E-state index in [0.29, 0.717) is 15.7 Å². The van der Waals surface area contributed by atoms with Crippen molar-refractivity contribution in [2.24, 2.45) is 0 Å². The Morgan fingerprint density at radius 2 is 1.95 bits per heavy atom. The van der Waals surface area contributed by atoms with Crippen LogP contribution in [0.5, 0.6) is 0 Å². The monoisotopic (exact) mass is 332 g/mol. The van der Waals surface area contributed by atoms with E-state index in [2.05, 4.69) is 5.32 Å². The smallest absolute Gasteiger partial charge is 0.244 e. The van der Waals surface area contributed by atoms with Gasteiger partial charge in [-0.3, -0.25) is 4.79 Å². The number of aryl methyl sites for hydroxylation is 1. The highest BCUT2D eigenvalue weighted by atomic mass is 35.5. The normalized spacial score (nSPS) is 10.9. The maximum atomic E-state index is 12.2. The molecule has 1 amide bonds. The van der Waals surface area contributed by atoms with Gasteiger partial charge >= 0.3 is 0 Å². The summed E-state index contributed by atoms with van der Waals surface area (Å²) in [5, 5.41) is 5.19. The molecule has 3 nitrogen and oxygen atoms in total. The highest BCUT2D eigenvalue weighted by molar-refractivity contribution is 6.31. The molecule has 0 bridgehead atoms. The second-order valence-corrected chi connectivity index (χ2v) is 6.00. The molecule has 1 N–H and O–H groups in total. The molecular weight excluding hydrogens is 319 g/mol. The number of amides is 1. The maximum Gasteiger partial charge on any atom is 0.244 e. The third kappa shape index (κ3) is 3.11. The Kier molecular flexibility index (Phi) is 4.10. The van der Waals surface area contributed by atoms with Crippen LogP contribution in [0.2, 0.25) is 10.0 Å². The summed E-state index contributed by atoms with van der Waals surface area (Å²) in [5.74, 6) is -0.104.